The molecule has 0 fully saturated rings. The summed E-state index contributed by atoms with van der Waals surface area (Å²) in [6, 6.07) is -1.19. The second-order valence-corrected chi connectivity index (χ2v) is 3.26. The molecule has 114 valence electrons. The highest BCUT2D eigenvalue weighted by Crippen LogP contribution is 2.22. The van der Waals surface area contributed by atoms with E-state index in [1.54, 1.807) is 0 Å². The number of nitrogens with two attached hydrogens (primary N) is 1. The molecule has 0 aliphatic rings. The Balaban J connectivity index is 0. The van der Waals surface area contributed by atoms with Gasteiger partial charge in [-0.25, -0.2) is 4.79 Å². The number of hydrogen-bond donors (Lipinski definition) is 3. The Morgan fingerprint density at radius 1 is 1.05 bits per heavy atom. The largest absolute Gasteiger partial charge is 0.490 e. The molecule has 19 heavy (non-hydrogen) atoms. The van der Waals surface area contributed by atoms with Gasteiger partial charge in [-0.3, -0.25) is 4.79 Å². The highest BCUT2D eigenvalue weighted by molar-refractivity contribution is 5.73. The van der Waals surface area contributed by atoms with Crippen molar-refractivity contribution in [2.75, 3.05) is 0 Å². The van der Waals surface area contributed by atoms with E-state index in [0.29, 0.717) is 0 Å². The fourth-order valence-corrected chi connectivity index (χ4v) is 0.646. The third kappa shape index (κ3) is 14.4. The van der Waals surface area contributed by atoms with Crippen molar-refractivity contribution in [3.05, 3.63) is 0 Å². The first-order valence-electron chi connectivity index (χ1n) is 4.62. The number of rotatable bonds is 4. The summed E-state index contributed by atoms with van der Waals surface area (Å²) in [4.78, 5) is 18.9. The zero-order valence-corrected chi connectivity index (χ0v) is 9.25. The predicted octanol–water partition coefficient (Wildman–Crippen LogP) is 1.76. The minimum Gasteiger partial charge on any atom is -0.480 e. The average molecular weight is 299 g/mol. The van der Waals surface area contributed by atoms with Crippen molar-refractivity contribution in [2.24, 2.45) is 5.73 Å². The summed E-state index contributed by atoms with van der Waals surface area (Å²) in [7, 11) is 0. The zero-order chi connectivity index (χ0) is 15.9. The number of carboxylic acid groups (broad SMARTS) is 2. The lowest BCUT2D eigenvalue weighted by atomic mass is 10.1. The molecule has 1 unspecified atom stereocenters. The molecule has 0 rings (SSSR count). The Hall–Kier alpha value is -1.52. The van der Waals surface area contributed by atoms with Crippen molar-refractivity contribution >= 4 is 11.9 Å². The van der Waals surface area contributed by atoms with Crippen LogP contribution in [0.25, 0.3) is 0 Å². The van der Waals surface area contributed by atoms with Gasteiger partial charge in [0.15, 0.2) is 0 Å². The van der Waals surface area contributed by atoms with E-state index in [2.05, 4.69) is 0 Å². The summed E-state index contributed by atoms with van der Waals surface area (Å²) in [5.41, 5.74) is 4.98. The van der Waals surface area contributed by atoms with Crippen molar-refractivity contribution in [2.45, 2.75) is 37.7 Å². The normalized spacial score (nSPS) is 13.2. The van der Waals surface area contributed by atoms with Crippen molar-refractivity contribution in [3.8, 4) is 0 Å². The first-order chi connectivity index (χ1) is 8.27. The van der Waals surface area contributed by atoms with E-state index >= 15 is 0 Å². The molecule has 4 N–H and O–H groups in total. The van der Waals surface area contributed by atoms with E-state index in [0.717, 1.165) is 0 Å². The molecular weight excluding hydrogens is 288 g/mol. The third-order valence-electron chi connectivity index (χ3n) is 1.54. The average Bonchev–Trinajstić information content (AvgIpc) is 2.14. The van der Waals surface area contributed by atoms with Crippen LogP contribution >= 0.6 is 0 Å². The van der Waals surface area contributed by atoms with Gasteiger partial charge in [-0.2, -0.15) is 26.3 Å². The van der Waals surface area contributed by atoms with Gasteiger partial charge in [0.05, 0.1) is 0 Å². The van der Waals surface area contributed by atoms with E-state index < -0.39 is 36.8 Å². The van der Waals surface area contributed by atoms with Crippen LogP contribution in [0.1, 0.15) is 19.3 Å². The van der Waals surface area contributed by atoms with Gasteiger partial charge in [-0.05, 0) is 12.8 Å². The SMILES string of the molecule is NC(CCCC(F)(F)F)C(=O)O.O=C(O)C(F)(F)F. The molecule has 0 aromatic carbocycles. The van der Waals surface area contributed by atoms with Crippen LogP contribution in [-0.4, -0.2) is 40.5 Å². The van der Waals surface area contributed by atoms with E-state index in [-0.39, 0.29) is 12.8 Å². The van der Waals surface area contributed by atoms with Crippen LogP contribution < -0.4 is 5.73 Å². The number of alkyl halides is 6. The van der Waals surface area contributed by atoms with Crippen LogP contribution in [0.4, 0.5) is 26.3 Å². The predicted molar refractivity (Wildman–Crippen MR) is 49.2 cm³/mol. The van der Waals surface area contributed by atoms with Gasteiger partial charge < -0.3 is 15.9 Å². The minimum atomic E-state index is -5.08. The van der Waals surface area contributed by atoms with Crippen molar-refractivity contribution < 1.29 is 46.1 Å². The van der Waals surface area contributed by atoms with Gasteiger partial charge in [0.1, 0.15) is 6.04 Å². The third-order valence-corrected chi connectivity index (χ3v) is 1.54. The lowest BCUT2D eigenvalue weighted by Gasteiger charge is -2.07. The maximum atomic E-state index is 11.5. The maximum absolute atomic E-state index is 11.5. The van der Waals surface area contributed by atoms with Crippen LogP contribution in [-0.2, 0) is 9.59 Å². The Kier molecular flexibility index (Phi) is 8.15. The molecule has 0 heterocycles. The summed E-state index contributed by atoms with van der Waals surface area (Å²) in [6.07, 6.45) is -10.7. The van der Waals surface area contributed by atoms with E-state index in [1.165, 1.54) is 0 Å². The molecule has 0 saturated carbocycles. The molecule has 1 atom stereocenters. The van der Waals surface area contributed by atoms with Gasteiger partial charge in [0.25, 0.3) is 0 Å². The second-order valence-electron chi connectivity index (χ2n) is 3.26. The fourth-order valence-electron chi connectivity index (χ4n) is 0.646. The van der Waals surface area contributed by atoms with Crippen LogP contribution in [0.15, 0.2) is 0 Å². The van der Waals surface area contributed by atoms with Crippen molar-refractivity contribution in [3.63, 3.8) is 0 Å². The molecule has 11 heteroatoms. The summed E-state index contributed by atoms with van der Waals surface area (Å²) in [5, 5.41) is 15.3. The Morgan fingerprint density at radius 2 is 1.42 bits per heavy atom. The first kappa shape index (κ1) is 19.8. The molecule has 0 saturated heterocycles. The fraction of sp³-hybridized carbons (Fsp3) is 0.750. The topological polar surface area (TPSA) is 101 Å². The van der Waals surface area contributed by atoms with Crippen molar-refractivity contribution in [1.82, 2.24) is 0 Å². The molecule has 5 nitrogen and oxygen atoms in total. The molecule has 0 aromatic heterocycles. The molecule has 0 aromatic rings. The lowest BCUT2D eigenvalue weighted by molar-refractivity contribution is -0.192. The summed E-state index contributed by atoms with van der Waals surface area (Å²) < 4.78 is 66.3. The van der Waals surface area contributed by atoms with Gasteiger partial charge in [-0.1, -0.05) is 0 Å². The van der Waals surface area contributed by atoms with Crippen molar-refractivity contribution in [1.29, 1.82) is 0 Å². The molecular formula is C8H11F6NO4. The summed E-state index contributed by atoms with van der Waals surface area (Å²) >= 11 is 0. The highest BCUT2D eigenvalue weighted by atomic mass is 19.4. The molecule has 0 aliphatic carbocycles. The molecule has 0 spiro atoms. The number of carboxylic acids is 2. The zero-order valence-electron chi connectivity index (χ0n) is 9.25. The lowest BCUT2D eigenvalue weighted by Crippen LogP contribution is -2.30. The van der Waals surface area contributed by atoms with Gasteiger partial charge in [-0.15, -0.1) is 0 Å². The van der Waals surface area contributed by atoms with Gasteiger partial charge >= 0.3 is 24.3 Å². The number of carbonyl (C=O) groups is 2. The van der Waals surface area contributed by atoms with Crippen LogP contribution in [0.2, 0.25) is 0 Å². The highest BCUT2D eigenvalue weighted by Gasteiger charge is 2.38. The smallest absolute Gasteiger partial charge is 0.480 e. The van der Waals surface area contributed by atoms with E-state index in [4.69, 9.17) is 20.7 Å². The Labute approximate surface area is 103 Å². The molecule has 0 amide bonds. The Bertz CT molecular complexity index is 301. The van der Waals surface area contributed by atoms with Crippen LogP contribution in [0.5, 0.6) is 0 Å². The van der Waals surface area contributed by atoms with Crippen LogP contribution in [0.3, 0.4) is 0 Å². The summed E-state index contributed by atoms with van der Waals surface area (Å²) in [5.74, 6) is -4.02. The molecule has 0 bridgehead atoms. The standard InChI is InChI=1S/C6H10F3NO2.C2HF3O2/c7-6(8,9)3-1-2-4(10)5(11)12;3-2(4,5)1(6)7/h4H,1-3,10H2,(H,11,12);(H,6,7). The van der Waals surface area contributed by atoms with Crippen LogP contribution in [0, 0.1) is 0 Å². The quantitative estimate of drug-likeness (QED) is 0.687. The number of halogens is 6. The minimum absolute atomic E-state index is 0.144. The second kappa shape index (κ2) is 7.81. The van der Waals surface area contributed by atoms with E-state index in [9.17, 15) is 31.1 Å². The van der Waals surface area contributed by atoms with E-state index in [1.807, 2.05) is 0 Å². The maximum Gasteiger partial charge on any atom is 0.490 e. The van der Waals surface area contributed by atoms with Gasteiger partial charge in [0, 0.05) is 6.42 Å². The molecule has 0 radical (unpaired) electrons. The summed E-state index contributed by atoms with van der Waals surface area (Å²) in [6.45, 7) is 0. The number of hydrogen-bond acceptors (Lipinski definition) is 3. The monoisotopic (exact) mass is 299 g/mol. The van der Waals surface area contributed by atoms with Gasteiger partial charge in [0.2, 0.25) is 0 Å². The molecule has 0 aliphatic heterocycles. The number of aliphatic carboxylic acids is 2. The Morgan fingerprint density at radius 3 is 1.63 bits per heavy atom. The first-order valence-corrected chi connectivity index (χ1v) is 4.62.